The molecule has 240 valence electrons. The highest BCUT2D eigenvalue weighted by molar-refractivity contribution is 7.56. The number of hydrogen-bond acceptors (Lipinski definition) is 7. The predicted molar refractivity (Wildman–Crippen MR) is 198 cm³/mol. The van der Waals surface area contributed by atoms with Crippen molar-refractivity contribution >= 4 is 36.9 Å². The van der Waals surface area contributed by atoms with Crippen molar-refractivity contribution in [1.29, 1.82) is 0 Å². The molecule has 1 aliphatic heterocycles. The third-order valence-corrected chi connectivity index (χ3v) is 10.8. The first-order chi connectivity index (χ1) is 23.4. The lowest BCUT2D eigenvalue weighted by Gasteiger charge is -2.38. The maximum atomic E-state index is 12.7. The molecule has 0 aromatic heterocycles. The second-order valence-electron chi connectivity index (χ2n) is 12.4. The summed E-state index contributed by atoms with van der Waals surface area (Å²) in [5, 5.41) is 6.39. The zero-order chi connectivity index (χ0) is 33.1. The van der Waals surface area contributed by atoms with E-state index >= 15 is 0 Å². The summed E-state index contributed by atoms with van der Waals surface area (Å²) in [6.45, 7) is 4.35. The molecular weight excluding hydrogens is 615 g/mol. The standard InChI is InChI=1S/C40H37N4O3P/c1-40(2,28-41-34-35(39(46)38(34)45)42-31-22-12-5-13-23-31)47-48-43(32-24-14-6-15-25-32)36(29-18-8-3-9-19-29)37(30-20-10-4-11-21-30)44(48)33-26-16-7-17-27-33/h3-27,36-37,41-42H,28H2,1-2H3/t36-,37-/m1/s1. The fourth-order valence-electron chi connectivity index (χ4n) is 6.20. The summed E-state index contributed by atoms with van der Waals surface area (Å²) in [5.41, 5.74) is 3.96. The monoisotopic (exact) mass is 652 g/mol. The summed E-state index contributed by atoms with van der Waals surface area (Å²) < 4.78 is 12.1. The lowest BCUT2D eigenvalue weighted by atomic mass is 9.92. The molecule has 7 rings (SSSR count). The Hall–Kier alpha value is -5.23. The molecule has 0 saturated carbocycles. The topological polar surface area (TPSA) is 73.9 Å². The van der Waals surface area contributed by atoms with Crippen molar-refractivity contribution in [3.05, 3.63) is 183 Å². The van der Waals surface area contributed by atoms with Crippen molar-refractivity contribution in [2.24, 2.45) is 0 Å². The van der Waals surface area contributed by atoms with Crippen LogP contribution in [0, 0.1) is 0 Å². The molecule has 1 aliphatic rings. The second kappa shape index (κ2) is 13.5. The van der Waals surface area contributed by atoms with E-state index in [4.69, 9.17) is 4.52 Å². The minimum absolute atomic E-state index is 0.0821. The van der Waals surface area contributed by atoms with Gasteiger partial charge in [-0.05, 0) is 61.4 Å². The van der Waals surface area contributed by atoms with Crippen LogP contribution in [0.5, 0.6) is 0 Å². The van der Waals surface area contributed by atoms with Crippen LogP contribution >= 0.6 is 8.45 Å². The summed E-state index contributed by atoms with van der Waals surface area (Å²) in [7, 11) is -1.48. The maximum Gasteiger partial charge on any atom is 0.253 e. The van der Waals surface area contributed by atoms with Gasteiger partial charge in [0.2, 0.25) is 8.45 Å². The summed E-state index contributed by atoms with van der Waals surface area (Å²) in [6.07, 6.45) is 0. The number of nitrogens with one attached hydrogen (secondary N) is 2. The third kappa shape index (κ3) is 6.23. The molecule has 2 atom stereocenters. The normalized spacial score (nSPS) is 16.7. The first-order valence-corrected chi connectivity index (χ1v) is 17.2. The molecule has 1 heterocycles. The Balaban J connectivity index is 1.29. The highest BCUT2D eigenvalue weighted by atomic mass is 31.2. The Morgan fingerprint density at radius 1 is 0.583 bits per heavy atom. The van der Waals surface area contributed by atoms with Crippen LogP contribution in [0.25, 0.3) is 0 Å². The molecule has 0 bridgehead atoms. The summed E-state index contributed by atoms with van der Waals surface area (Å²) >= 11 is 0. The number of benzene rings is 5. The molecule has 0 unspecified atom stereocenters. The van der Waals surface area contributed by atoms with Crippen LogP contribution in [0.3, 0.4) is 0 Å². The molecule has 0 radical (unpaired) electrons. The van der Waals surface area contributed by atoms with E-state index in [1.807, 2.05) is 68.4 Å². The molecule has 6 aromatic rings. The largest absolute Gasteiger partial charge is 0.377 e. The van der Waals surface area contributed by atoms with Gasteiger partial charge >= 0.3 is 0 Å². The van der Waals surface area contributed by atoms with Gasteiger partial charge in [-0.15, -0.1) is 0 Å². The van der Waals surface area contributed by atoms with E-state index in [1.165, 1.54) is 11.1 Å². The molecule has 0 aliphatic carbocycles. The zero-order valence-corrected chi connectivity index (χ0v) is 27.8. The van der Waals surface area contributed by atoms with Crippen LogP contribution < -0.4 is 30.8 Å². The molecule has 2 N–H and O–H groups in total. The quantitative estimate of drug-likeness (QED) is 0.107. The van der Waals surface area contributed by atoms with Gasteiger partial charge in [-0.25, -0.2) is 0 Å². The Labute approximate surface area is 282 Å². The SMILES string of the molecule is CC(C)(CNc1c(Nc2ccccc2)c(=O)c1=O)OP1N(c2ccccc2)[C@H](c2ccccc2)[C@@H](c2ccccc2)N1c1ccccc1. The van der Waals surface area contributed by atoms with Crippen LogP contribution in [0.4, 0.5) is 28.4 Å². The van der Waals surface area contributed by atoms with Crippen molar-refractivity contribution in [2.45, 2.75) is 31.5 Å². The Bertz CT molecular complexity index is 1930. The maximum absolute atomic E-state index is 12.7. The Morgan fingerprint density at radius 2 is 0.979 bits per heavy atom. The van der Waals surface area contributed by atoms with Crippen LogP contribution in [0.2, 0.25) is 0 Å². The highest BCUT2D eigenvalue weighted by Crippen LogP contribution is 2.68. The Kier molecular flexibility index (Phi) is 8.81. The van der Waals surface area contributed by atoms with Crippen molar-refractivity contribution in [2.75, 3.05) is 26.5 Å². The molecule has 48 heavy (non-hydrogen) atoms. The number of hydrogen-bond donors (Lipinski definition) is 2. The van der Waals surface area contributed by atoms with E-state index in [0.717, 1.165) is 17.1 Å². The molecule has 1 saturated heterocycles. The van der Waals surface area contributed by atoms with E-state index in [-0.39, 0.29) is 23.5 Å². The summed E-state index contributed by atoms with van der Waals surface area (Å²) in [4.78, 5) is 25.3. The summed E-state index contributed by atoms with van der Waals surface area (Å²) in [6, 6.07) is 51.3. The molecule has 6 aromatic carbocycles. The van der Waals surface area contributed by atoms with E-state index in [0.29, 0.717) is 6.54 Å². The highest BCUT2D eigenvalue weighted by Gasteiger charge is 2.52. The predicted octanol–water partition coefficient (Wildman–Crippen LogP) is 8.97. The molecular formula is C40H37N4O3P. The average Bonchev–Trinajstić information content (AvgIpc) is 3.46. The number of nitrogens with zero attached hydrogens (tertiary/aromatic N) is 2. The lowest BCUT2D eigenvalue weighted by Crippen LogP contribution is -2.41. The molecule has 8 heteroatoms. The minimum Gasteiger partial charge on any atom is -0.377 e. The third-order valence-electron chi connectivity index (χ3n) is 8.49. The van der Waals surface area contributed by atoms with Gasteiger partial charge in [-0.2, -0.15) is 0 Å². The Morgan fingerprint density at radius 3 is 1.44 bits per heavy atom. The second-order valence-corrected chi connectivity index (χ2v) is 14.0. The van der Waals surface area contributed by atoms with Gasteiger partial charge in [-0.3, -0.25) is 9.59 Å². The number of anilines is 5. The van der Waals surface area contributed by atoms with Crippen molar-refractivity contribution < 1.29 is 4.52 Å². The van der Waals surface area contributed by atoms with Crippen molar-refractivity contribution in [1.82, 2.24) is 0 Å². The van der Waals surface area contributed by atoms with E-state index in [2.05, 4.69) is 117 Å². The number of rotatable bonds is 11. The van der Waals surface area contributed by atoms with Crippen LogP contribution in [0.1, 0.15) is 37.1 Å². The van der Waals surface area contributed by atoms with E-state index < -0.39 is 24.9 Å². The minimum atomic E-state index is -1.48. The van der Waals surface area contributed by atoms with E-state index in [1.54, 1.807) is 0 Å². The lowest BCUT2D eigenvalue weighted by molar-refractivity contribution is 0.142. The van der Waals surface area contributed by atoms with Gasteiger partial charge < -0.3 is 24.5 Å². The fourth-order valence-corrected chi connectivity index (χ4v) is 8.70. The van der Waals surface area contributed by atoms with E-state index in [9.17, 15) is 9.59 Å². The van der Waals surface area contributed by atoms with Crippen molar-refractivity contribution in [3.63, 3.8) is 0 Å². The van der Waals surface area contributed by atoms with Gasteiger partial charge in [0.15, 0.2) is 0 Å². The molecule has 1 fully saturated rings. The van der Waals surface area contributed by atoms with Crippen LogP contribution in [-0.2, 0) is 4.52 Å². The van der Waals surface area contributed by atoms with Gasteiger partial charge in [0.25, 0.3) is 10.9 Å². The number of para-hydroxylation sites is 3. The van der Waals surface area contributed by atoms with Gasteiger partial charge in [0.1, 0.15) is 11.4 Å². The van der Waals surface area contributed by atoms with Crippen molar-refractivity contribution in [3.8, 4) is 0 Å². The first-order valence-electron chi connectivity index (χ1n) is 16.1. The van der Waals surface area contributed by atoms with Crippen LogP contribution in [0.15, 0.2) is 161 Å². The smallest absolute Gasteiger partial charge is 0.253 e. The fraction of sp³-hybridized carbons (Fsp3) is 0.150. The molecule has 0 spiro atoms. The van der Waals surface area contributed by atoms with Gasteiger partial charge in [-0.1, -0.05) is 115 Å². The van der Waals surface area contributed by atoms with Gasteiger partial charge in [0, 0.05) is 23.6 Å². The first kappa shape index (κ1) is 31.4. The average molecular weight is 653 g/mol. The summed E-state index contributed by atoms with van der Waals surface area (Å²) in [5.74, 6) is 0. The zero-order valence-electron chi connectivity index (χ0n) is 26.9. The van der Waals surface area contributed by atoms with Crippen LogP contribution in [-0.4, -0.2) is 12.1 Å². The van der Waals surface area contributed by atoms with Gasteiger partial charge in [0.05, 0.1) is 17.7 Å². The molecule has 7 nitrogen and oxygen atoms in total. The molecule has 0 amide bonds.